The molecule has 0 radical (unpaired) electrons. The Balaban J connectivity index is 0.929. The van der Waals surface area contributed by atoms with Gasteiger partial charge < -0.3 is 24.0 Å². The fourth-order valence-electron chi connectivity index (χ4n) is 6.48. The van der Waals surface area contributed by atoms with Crippen LogP contribution in [0.4, 0.5) is 20.2 Å². The number of hydrogen-bond acceptors (Lipinski definition) is 8. The molecule has 12 heteroatoms. The molecule has 3 aromatic carbocycles. The van der Waals surface area contributed by atoms with Gasteiger partial charge >= 0.3 is 5.69 Å². The molecule has 2 saturated heterocycles. The van der Waals surface area contributed by atoms with Crippen molar-refractivity contribution >= 4 is 17.6 Å². The maximum Gasteiger partial charge on any atom is 0.350 e. The molecule has 0 aliphatic carbocycles. The second kappa shape index (κ2) is 14.4. The average Bonchev–Trinajstić information content (AvgIpc) is 3.74. The molecule has 260 valence electrons. The third-order valence-corrected chi connectivity index (χ3v) is 9.21. The van der Waals surface area contributed by atoms with Gasteiger partial charge in [0, 0.05) is 68.0 Å². The Morgan fingerprint density at radius 3 is 2.26 bits per heavy atom. The molecule has 2 atom stereocenters. The first kappa shape index (κ1) is 33.4. The molecule has 3 aliphatic heterocycles. The molecule has 0 N–H and O–H groups in total. The summed E-state index contributed by atoms with van der Waals surface area (Å²) in [5, 5.41) is 4.22. The molecule has 50 heavy (non-hydrogen) atoms. The van der Waals surface area contributed by atoms with E-state index in [4.69, 9.17) is 14.2 Å². The highest BCUT2D eigenvalue weighted by molar-refractivity contribution is 5.80. The molecule has 2 unspecified atom stereocenters. The number of aromatic nitrogens is 3. The van der Waals surface area contributed by atoms with Gasteiger partial charge in [0.2, 0.25) is 5.79 Å². The van der Waals surface area contributed by atoms with Crippen LogP contribution in [0.1, 0.15) is 38.3 Å². The number of piperazine rings is 1. The maximum absolute atomic E-state index is 15.0. The van der Waals surface area contributed by atoms with Gasteiger partial charge in [0.25, 0.3) is 0 Å². The van der Waals surface area contributed by atoms with Crippen molar-refractivity contribution in [2.24, 2.45) is 4.99 Å². The molecular formula is C38H40F2N6O4. The van der Waals surface area contributed by atoms with E-state index in [1.807, 2.05) is 62.4 Å². The van der Waals surface area contributed by atoms with Crippen molar-refractivity contribution in [2.45, 2.75) is 44.6 Å². The molecule has 1 aromatic heterocycles. The third-order valence-electron chi connectivity index (χ3n) is 9.21. The van der Waals surface area contributed by atoms with Crippen LogP contribution in [0.5, 0.6) is 5.75 Å². The standard InChI is InChI=1S/C38H40F2N6O4/c1-27(2)46-37(47)45(26-42-46)32-8-6-30(7-9-32)43-18-20-44(21-19-43)31-10-12-33(13-11-31)48-24-34-25-49-38(50-34,16-15-28-4-3-17-41-23-28)35-14-5-29(39)22-36(35)40/h3,5-15,17,22-23,26-27,34H,4,16,18-21,24-25H2,1-2H3/b28-15-. The van der Waals surface area contributed by atoms with E-state index in [-0.39, 0.29) is 36.9 Å². The Bertz CT molecular complexity index is 1940. The van der Waals surface area contributed by atoms with E-state index in [9.17, 15) is 13.6 Å². The minimum Gasteiger partial charge on any atom is -0.491 e. The number of nitrogens with zero attached hydrogens (tertiary/aromatic N) is 6. The number of aliphatic imine (C=N–C) groups is 1. The molecule has 0 amide bonds. The molecule has 4 aromatic rings. The predicted molar refractivity (Wildman–Crippen MR) is 188 cm³/mol. The molecule has 0 saturated carbocycles. The lowest BCUT2D eigenvalue weighted by Crippen LogP contribution is -2.46. The molecule has 2 fully saturated rings. The number of allylic oxidation sites excluding steroid dienone is 2. The van der Waals surface area contributed by atoms with Crippen LogP contribution in [0, 0.1) is 11.6 Å². The van der Waals surface area contributed by atoms with Crippen LogP contribution in [0.15, 0.2) is 107 Å². The smallest absolute Gasteiger partial charge is 0.350 e. The maximum atomic E-state index is 15.0. The summed E-state index contributed by atoms with van der Waals surface area (Å²) in [6.45, 7) is 7.71. The highest BCUT2D eigenvalue weighted by Crippen LogP contribution is 2.40. The fraction of sp³-hybridized carbons (Fsp3) is 0.342. The second-order valence-electron chi connectivity index (χ2n) is 12.9. The molecule has 0 spiro atoms. The highest BCUT2D eigenvalue weighted by atomic mass is 19.1. The summed E-state index contributed by atoms with van der Waals surface area (Å²) in [5.74, 6) is -2.10. The molecule has 10 nitrogen and oxygen atoms in total. The first-order valence-corrected chi connectivity index (χ1v) is 16.9. The van der Waals surface area contributed by atoms with Gasteiger partial charge in [-0.1, -0.05) is 12.2 Å². The summed E-state index contributed by atoms with van der Waals surface area (Å²) in [6, 6.07) is 19.4. The van der Waals surface area contributed by atoms with Crippen LogP contribution in [-0.2, 0) is 15.3 Å². The van der Waals surface area contributed by atoms with Crippen molar-refractivity contribution in [2.75, 3.05) is 49.2 Å². The Labute approximate surface area is 289 Å². The Morgan fingerprint density at radius 2 is 1.64 bits per heavy atom. The summed E-state index contributed by atoms with van der Waals surface area (Å²) in [7, 11) is 0. The number of ether oxygens (including phenoxy) is 3. The lowest BCUT2D eigenvalue weighted by Gasteiger charge is -2.37. The molecule has 3 aliphatic rings. The number of hydrogen-bond donors (Lipinski definition) is 0. The van der Waals surface area contributed by atoms with Crippen molar-refractivity contribution in [3.05, 3.63) is 125 Å². The highest BCUT2D eigenvalue weighted by Gasteiger charge is 2.44. The largest absolute Gasteiger partial charge is 0.491 e. The zero-order valence-corrected chi connectivity index (χ0v) is 28.1. The molecule has 4 heterocycles. The van der Waals surface area contributed by atoms with E-state index in [1.165, 1.54) is 16.8 Å². The van der Waals surface area contributed by atoms with E-state index in [0.717, 1.165) is 54.9 Å². The third kappa shape index (κ3) is 7.12. The van der Waals surface area contributed by atoms with Crippen LogP contribution in [0.2, 0.25) is 0 Å². The van der Waals surface area contributed by atoms with Crippen molar-refractivity contribution < 1.29 is 23.0 Å². The fourth-order valence-corrected chi connectivity index (χ4v) is 6.48. The van der Waals surface area contributed by atoms with E-state index < -0.39 is 23.5 Å². The Morgan fingerprint density at radius 1 is 0.960 bits per heavy atom. The minimum atomic E-state index is -1.40. The predicted octanol–water partition coefficient (Wildman–Crippen LogP) is 6.17. The summed E-state index contributed by atoms with van der Waals surface area (Å²) >= 11 is 0. The summed E-state index contributed by atoms with van der Waals surface area (Å²) in [4.78, 5) is 21.5. The van der Waals surface area contributed by atoms with Crippen LogP contribution in [0.3, 0.4) is 0 Å². The number of benzene rings is 3. The van der Waals surface area contributed by atoms with Crippen LogP contribution >= 0.6 is 0 Å². The van der Waals surface area contributed by atoms with Gasteiger partial charge in [0.05, 0.1) is 18.3 Å². The number of rotatable bonds is 10. The molecular weight excluding hydrogens is 642 g/mol. The summed E-state index contributed by atoms with van der Waals surface area (Å²) in [5.41, 5.74) is 3.97. The van der Waals surface area contributed by atoms with Gasteiger partial charge in [-0.3, -0.25) is 4.99 Å². The van der Waals surface area contributed by atoms with Gasteiger partial charge in [0.1, 0.15) is 36.4 Å². The quantitative estimate of drug-likeness (QED) is 0.198. The monoisotopic (exact) mass is 682 g/mol. The zero-order chi connectivity index (χ0) is 34.7. The van der Waals surface area contributed by atoms with Gasteiger partial charge in [-0.05, 0) is 86.5 Å². The van der Waals surface area contributed by atoms with E-state index in [0.29, 0.717) is 12.2 Å². The SMILES string of the molecule is CC(C)n1ncn(-c2ccc(N3CCN(c4ccc(OCC5COC(C/C=C6\C=NC=CC6)(c6ccc(F)cc6F)O5)cc4)CC3)cc2)c1=O. The first-order valence-electron chi connectivity index (χ1n) is 16.9. The Hall–Kier alpha value is -5.07. The van der Waals surface area contributed by atoms with Crippen LogP contribution in [-0.4, -0.2) is 66.1 Å². The average molecular weight is 683 g/mol. The van der Waals surface area contributed by atoms with Gasteiger partial charge in [0.15, 0.2) is 0 Å². The van der Waals surface area contributed by atoms with Crippen molar-refractivity contribution in [3.8, 4) is 11.4 Å². The lowest BCUT2D eigenvalue weighted by molar-refractivity contribution is -0.178. The first-order chi connectivity index (χ1) is 24.3. The van der Waals surface area contributed by atoms with Crippen LogP contribution < -0.4 is 20.2 Å². The van der Waals surface area contributed by atoms with Gasteiger partial charge in [-0.2, -0.15) is 5.10 Å². The zero-order valence-electron chi connectivity index (χ0n) is 28.1. The molecule has 0 bridgehead atoms. The van der Waals surface area contributed by atoms with Gasteiger partial charge in [-0.25, -0.2) is 22.8 Å². The summed E-state index contributed by atoms with van der Waals surface area (Å²) in [6.07, 6.45) is 9.39. The van der Waals surface area contributed by atoms with Gasteiger partial charge in [-0.15, -0.1) is 0 Å². The number of anilines is 2. The lowest BCUT2D eigenvalue weighted by atomic mass is 9.99. The van der Waals surface area contributed by atoms with Crippen molar-refractivity contribution in [1.82, 2.24) is 14.3 Å². The van der Waals surface area contributed by atoms with Crippen LogP contribution in [0.25, 0.3) is 5.69 Å². The minimum absolute atomic E-state index is 0.00256. The van der Waals surface area contributed by atoms with E-state index >= 15 is 0 Å². The van der Waals surface area contributed by atoms with E-state index in [2.05, 4.69) is 32.0 Å². The van der Waals surface area contributed by atoms with E-state index in [1.54, 1.807) is 23.3 Å². The van der Waals surface area contributed by atoms with Crippen molar-refractivity contribution in [3.63, 3.8) is 0 Å². The van der Waals surface area contributed by atoms with Crippen molar-refractivity contribution in [1.29, 1.82) is 0 Å². The topological polar surface area (TPSA) is 86.4 Å². The molecule has 7 rings (SSSR count). The normalized spacial score (nSPS) is 21.5. The number of halogens is 2. The Kier molecular flexibility index (Phi) is 9.64. The summed E-state index contributed by atoms with van der Waals surface area (Å²) < 4.78 is 50.3. The second-order valence-corrected chi connectivity index (χ2v) is 12.9.